The molecule has 0 spiro atoms. The summed E-state index contributed by atoms with van der Waals surface area (Å²) in [6, 6.07) is 2.74. The Balaban J connectivity index is 1.85. The van der Waals surface area contributed by atoms with Crippen molar-refractivity contribution in [2.45, 2.75) is 31.9 Å². The Hall–Kier alpha value is -2.10. The van der Waals surface area contributed by atoms with Gasteiger partial charge in [0, 0.05) is 10.5 Å². The van der Waals surface area contributed by atoms with Crippen LogP contribution in [0.2, 0.25) is 0 Å². The van der Waals surface area contributed by atoms with Crippen molar-refractivity contribution in [3.05, 3.63) is 34.3 Å². The largest absolute Gasteiger partial charge is 0.352 e. The van der Waals surface area contributed by atoms with E-state index in [2.05, 4.69) is 36.6 Å². The predicted molar refractivity (Wildman–Crippen MR) is 84.8 cm³/mol. The Morgan fingerprint density at radius 1 is 1.50 bits per heavy atom. The zero-order chi connectivity index (χ0) is 17.4. The first-order chi connectivity index (χ1) is 11.3. The van der Waals surface area contributed by atoms with Gasteiger partial charge in [0.25, 0.3) is 12.3 Å². The van der Waals surface area contributed by atoms with Crippen LogP contribution in [0.4, 0.5) is 24.8 Å². The first-order valence-electron chi connectivity index (χ1n) is 7.13. The fraction of sp³-hybridized carbons (Fsp3) is 0.357. The zero-order valence-electron chi connectivity index (χ0n) is 12.4. The number of hydrogen-bond acceptors (Lipinski definition) is 4. The highest BCUT2D eigenvalue weighted by Gasteiger charge is 2.34. The zero-order valence-corrected chi connectivity index (χ0v) is 14.0. The number of aromatic nitrogens is 3. The molecule has 0 unspecified atom stereocenters. The van der Waals surface area contributed by atoms with Crippen molar-refractivity contribution in [2.75, 3.05) is 10.6 Å². The van der Waals surface area contributed by atoms with Crippen molar-refractivity contribution >= 4 is 33.5 Å². The molecule has 2 heterocycles. The van der Waals surface area contributed by atoms with E-state index in [0.29, 0.717) is 4.47 Å². The maximum atomic E-state index is 13.8. The van der Waals surface area contributed by atoms with Crippen molar-refractivity contribution in [3.8, 4) is 0 Å². The Morgan fingerprint density at radius 2 is 2.25 bits per heavy atom. The number of halogens is 4. The first-order valence-corrected chi connectivity index (χ1v) is 7.92. The topological polar surface area (TPSA) is 71.8 Å². The molecule has 0 saturated carbocycles. The smallest absolute Gasteiger partial charge is 0.295 e. The van der Waals surface area contributed by atoms with E-state index in [4.69, 9.17) is 0 Å². The van der Waals surface area contributed by atoms with Crippen LogP contribution in [0, 0.1) is 5.82 Å². The van der Waals surface area contributed by atoms with Gasteiger partial charge in [-0.2, -0.15) is 4.98 Å². The van der Waals surface area contributed by atoms with E-state index in [0.717, 1.165) is 4.68 Å². The van der Waals surface area contributed by atoms with E-state index in [9.17, 15) is 18.0 Å². The van der Waals surface area contributed by atoms with E-state index in [1.54, 1.807) is 13.0 Å². The van der Waals surface area contributed by atoms with Crippen molar-refractivity contribution in [1.82, 2.24) is 14.8 Å². The summed E-state index contributed by atoms with van der Waals surface area (Å²) in [7, 11) is 0. The van der Waals surface area contributed by atoms with Gasteiger partial charge in [-0.3, -0.25) is 4.79 Å². The van der Waals surface area contributed by atoms with Crippen molar-refractivity contribution in [1.29, 1.82) is 0 Å². The summed E-state index contributed by atoms with van der Waals surface area (Å²) in [5.74, 6) is -1.63. The maximum Gasteiger partial charge on any atom is 0.295 e. The molecule has 1 amide bonds. The van der Waals surface area contributed by atoms with Gasteiger partial charge in [0.2, 0.25) is 11.8 Å². The Bertz CT molecular complexity index is 782. The molecule has 1 aromatic heterocycles. The van der Waals surface area contributed by atoms with Gasteiger partial charge < -0.3 is 10.6 Å². The summed E-state index contributed by atoms with van der Waals surface area (Å²) >= 11 is 3.11. The summed E-state index contributed by atoms with van der Waals surface area (Å²) in [4.78, 5) is 16.1. The summed E-state index contributed by atoms with van der Waals surface area (Å²) < 4.78 is 41.6. The summed E-state index contributed by atoms with van der Waals surface area (Å²) in [6.45, 7) is 1.74. The van der Waals surface area contributed by atoms with Gasteiger partial charge in [0.05, 0.1) is 5.69 Å². The van der Waals surface area contributed by atoms with Crippen molar-refractivity contribution < 1.29 is 18.0 Å². The number of alkyl halides is 2. The molecule has 0 fully saturated rings. The molecule has 10 heteroatoms. The molecule has 3 rings (SSSR count). The number of amides is 1. The summed E-state index contributed by atoms with van der Waals surface area (Å²) in [6.07, 6.45) is -2.47. The van der Waals surface area contributed by atoms with E-state index in [1.165, 1.54) is 12.1 Å². The van der Waals surface area contributed by atoms with Crippen LogP contribution in [-0.4, -0.2) is 33.1 Å². The van der Waals surface area contributed by atoms with E-state index >= 15 is 0 Å². The fourth-order valence-electron chi connectivity index (χ4n) is 2.47. The second-order valence-corrected chi connectivity index (χ2v) is 6.38. The molecule has 2 atom stereocenters. The van der Waals surface area contributed by atoms with Gasteiger partial charge in [0.15, 0.2) is 0 Å². The second kappa shape index (κ2) is 6.42. The first kappa shape index (κ1) is 16.7. The minimum atomic E-state index is -2.63. The quantitative estimate of drug-likeness (QED) is 0.823. The Kier molecular flexibility index (Phi) is 4.48. The van der Waals surface area contributed by atoms with Crippen molar-refractivity contribution in [2.24, 2.45) is 0 Å². The highest BCUT2D eigenvalue weighted by Crippen LogP contribution is 2.30. The van der Waals surface area contributed by atoms with Crippen LogP contribution < -0.4 is 10.6 Å². The lowest BCUT2D eigenvalue weighted by Gasteiger charge is -2.28. The molecule has 1 aliphatic heterocycles. The van der Waals surface area contributed by atoms with Gasteiger partial charge in [-0.05, 0) is 31.5 Å². The molecule has 0 radical (unpaired) electrons. The minimum Gasteiger partial charge on any atom is -0.352 e. The number of carbonyl (C=O) groups is 1. The van der Waals surface area contributed by atoms with Gasteiger partial charge in [-0.15, -0.1) is 5.10 Å². The van der Waals surface area contributed by atoms with Crippen LogP contribution >= 0.6 is 15.9 Å². The minimum absolute atomic E-state index is 0.0530. The second-order valence-electron chi connectivity index (χ2n) is 5.46. The third kappa shape index (κ3) is 3.23. The highest BCUT2D eigenvalue weighted by atomic mass is 79.9. The third-order valence-corrected chi connectivity index (χ3v) is 4.08. The van der Waals surface area contributed by atoms with Crippen LogP contribution in [0.25, 0.3) is 0 Å². The van der Waals surface area contributed by atoms with E-state index in [-0.39, 0.29) is 29.9 Å². The molecule has 0 aliphatic carbocycles. The lowest BCUT2D eigenvalue weighted by atomic mass is 10.1. The molecule has 2 aromatic rings. The predicted octanol–water partition coefficient (Wildman–Crippen LogP) is 3.44. The van der Waals surface area contributed by atoms with E-state index < -0.39 is 24.2 Å². The SMILES string of the molecule is C[C@H]1C[C@@H](C(F)F)n2nc(C(=O)Nc3ccc(Br)cc3F)nc2N1. The number of nitrogens with zero attached hydrogens (tertiary/aromatic N) is 3. The molecule has 128 valence electrons. The fourth-order valence-corrected chi connectivity index (χ4v) is 2.80. The number of carbonyl (C=O) groups excluding carboxylic acids is 1. The molecule has 1 aliphatic rings. The van der Waals surface area contributed by atoms with Gasteiger partial charge in [-0.1, -0.05) is 15.9 Å². The Labute approximate surface area is 143 Å². The van der Waals surface area contributed by atoms with Gasteiger partial charge in [0.1, 0.15) is 11.9 Å². The molecule has 0 bridgehead atoms. The molecule has 1 aromatic carbocycles. The molecular weight excluding hydrogens is 391 g/mol. The van der Waals surface area contributed by atoms with E-state index in [1.807, 2.05) is 0 Å². The number of fused-ring (bicyclic) bond motifs is 1. The average Bonchev–Trinajstić information content (AvgIpc) is 2.92. The van der Waals surface area contributed by atoms with Crippen molar-refractivity contribution in [3.63, 3.8) is 0 Å². The number of nitrogens with one attached hydrogen (secondary N) is 2. The van der Waals surface area contributed by atoms with Crippen LogP contribution in [-0.2, 0) is 0 Å². The molecule has 0 saturated heterocycles. The standard InChI is InChI=1S/C14H13BrF3N5O/c1-6-4-10(11(17)18)23-14(19-6)21-12(22-23)13(24)20-9-3-2-7(15)5-8(9)16/h2-3,5-6,10-11H,4H2,1H3,(H,20,24)(H,19,21,22)/t6-,10-/m0/s1. The number of anilines is 2. The summed E-state index contributed by atoms with van der Waals surface area (Å²) in [5, 5.41) is 9.08. The van der Waals surface area contributed by atoms with Crippen LogP contribution in [0.5, 0.6) is 0 Å². The normalized spacial score (nSPS) is 19.8. The van der Waals surface area contributed by atoms with Gasteiger partial charge >= 0.3 is 0 Å². The molecule has 6 nitrogen and oxygen atoms in total. The molecule has 24 heavy (non-hydrogen) atoms. The monoisotopic (exact) mass is 403 g/mol. The Morgan fingerprint density at radius 3 is 2.92 bits per heavy atom. The number of rotatable bonds is 3. The number of benzene rings is 1. The van der Waals surface area contributed by atoms with Crippen LogP contribution in [0.15, 0.2) is 22.7 Å². The highest BCUT2D eigenvalue weighted by molar-refractivity contribution is 9.10. The lowest BCUT2D eigenvalue weighted by Crippen LogP contribution is -2.33. The van der Waals surface area contributed by atoms with Crippen LogP contribution in [0.1, 0.15) is 30.0 Å². The maximum absolute atomic E-state index is 13.8. The third-order valence-electron chi connectivity index (χ3n) is 3.59. The number of hydrogen-bond donors (Lipinski definition) is 2. The average molecular weight is 404 g/mol. The van der Waals surface area contributed by atoms with Gasteiger partial charge in [-0.25, -0.2) is 17.9 Å². The van der Waals surface area contributed by atoms with Crippen LogP contribution in [0.3, 0.4) is 0 Å². The summed E-state index contributed by atoms with van der Waals surface area (Å²) in [5.41, 5.74) is -0.0530. The lowest BCUT2D eigenvalue weighted by molar-refractivity contribution is 0.0662. The molecule has 2 N–H and O–H groups in total. The molecular formula is C14H13BrF3N5O.